The molecule has 1 N–H and O–H groups in total. The van der Waals surface area contributed by atoms with Crippen LogP contribution in [0.3, 0.4) is 0 Å². The predicted molar refractivity (Wildman–Crippen MR) is 92.4 cm³/mol. The summed E-state index contributed by atoms with van der Waals surface area (Å²) in [6.07, 6.45) is 2.22. The van der Waals surface area contributed by atoms with Crippen molar-refractivity contribution in [1.29, 1.82) is 0 Å². The molecule has 25 heavy (non-hydrogen) atoms. The Morgan fingerprint density at radius 1 is 1.36 bits per heavy atom. The molecule has 0 saturated heterocycles. The first-order chi connectivity index (χ1) is 12.0. The van der Waals surface area contributed by atoms with Gasteiger partial charge in [-0.05, 0) is 43.5 Å². The zero-order chi connectivity index (χ0) is 17.6. The van der Waals surface area contributed by atoms with Gasteiger partial charge < -0.3 is 4.74 Å². The second-order valence-electron chi connectivity index (χ2n) is 5.98. The molecule has 0 bridgehead atoms. The summed E-state index contributed by atoms with van der Waals surface area (Å²) >= 11 is 1.34. The number of rotatable bonds is 6. The number of fused-ring (bicyclic) bond motifs is 1. The lowest BCUT2D eigenvalue weighted by Gasteiger charge is -2.09. The number of nitrogens with zero attached hydrogens (tertiary/aromatic N) is 4. The third-order valence-electron chi connectivity index (χ3n) is 4.08. The molecule has 0 unspecified atom stereocenters. The minimum Gasteiger partial charge on any atom is -0.497 e. The van der Waals surface area contributed by atoms with Crippen LogP contribution in [0, 0.1) is 6.92 Å². The summed E-state index contributed by atoms with van der Waals surface area (Å²) < 4.78 is 34.6. The van der Waals surface area contributed by atoms with Crippen LogP contribution in [-0.2, 0) is 16.6 Å². The van der Waals surface area contributed by atoms with E-state index < -0.39 is 10.0 Å². The zero-order valence-corrected chi connectivity index (χ0v) is 15.4. The molecule has 1 aromatic carbocycles. The van der Waals surface area contributed by atoms with Crippen LogP contribution >= 0.6 is 11.3 Å². The average molecular weight is 379 g/mol. The number of benzene rings is 1. The lowest BCUT2D eigenvalue weighted by molar-refractivity contribution is 0.414. The van der Waals surface area contributed by atoms with Crippen LogP contribution < -0.4 is 9.46 Å². The summed E-state index contributed by atoms with van der Waals surface area (Å²) in [5, 5.41) is 13.4. The Morgan fingerprint density at radius 3 is 2.84 bits per heavy atom. The molecular weight excluding hydrogens is 362 g/mol. The van der Waals surface area contributed by atoms with Crippen LogP contribution in [0.4, 0.5) is 0 Å². The molecule has 1 fully saturated rings. The van der Waals surface area contributed by atoms with E-state index in [9.17, 15) is 8.42 Å². The van der Waals surface area contributed by atoms with Crippen LogP contribution in [0.5, 0.6) is 5.75 Å². The SMILES string of the molecule is COc1ccc(S(=O)(=O)NCc2nn3c(C4CC4)nnc3s2)c(C)c1. The molecule has 0 amide bonds. The van der Waals surface area contributed by atoms with E-state index in [0.717, 1.165) is 18.7 Å². The van der Waals surface area contributed by atoms with Crippen molar-refractivity contribution in [3.05, 3.63) is 34.6 Å². The van der Waals surface area contributed by atoms with Gasteiger partial charge in [0.25, 0.3) is 0 Å². The molecule has 2 aromatic heterocycles. The monoisotopic (exact) mass is 379 g/mol. The van der Waals surface area contributed by atoms with E-state index in [-0.39, 0.29) is 11.4 Å². The van der Waals surface area contributed by atoms with Crippen LogP contribution in [0.1, 0.15) is 35.2 Å². The van der Waals surface area contributed by atoms with Crippen molar-refractivity contribution in [3.8, 4) is 5.75 Å². The highest BCUT2D eigenvalue weighted by Gasteiger charge is 2.30. The smallest absolute Gasteiger partial charge is 0.241 e. The van der Waals surface area contributed by atoms with Gasteiger partial charge in [-0.3, -0.25) is 0 Å². The minimum atomic E-state index is -3.63. The van der Waals surface area contributed by atoms with Crippen molar-refractivity contribution in [2.75, 3.05) is 7.11 Å². The second kappa shape index (κ2) is 6.04. The Balaban J connectivity index is 1.53. The highest BCUT2D eigenvalue weighted by molar-refractivity contribution is 7.89. The van der Waals surface area contributed by atoms with Gasteiger partial charge in [0.2, 0.25) is 15.0 Å². The van der Waals surface area contributed by atoms with E-state index in [1.165, 1.54) is 11.3 Å². The first kappa shape index (κ1) is 16.4. The van der Waals surface area contributed by atoms with Gasteiger partial charge in [-0.15, -0.1) is 10.2 Å². The van der Waals surface area contributed by atoms with E-state index in [1.807, 2.05) is 0 Å². The highest BCUT2D eigenvalue weighted by Crippen LogP contribution is 2.39. The van der Waals surface area contributed by atoms with Gasteiger partial charge in [0.05, 0.1) is 18.6 Å². The van der Waals surface area contributed by atoms with Gasteiger partial charge in [0.15, 0.2) is 5.82 Å². The first-order valence-electron chi connectivity index (χ1n) is 7.83. The maximum Gasteiger partial charge on any atom is 0.241 e. The Bertz CT molecular complexity index is 1040. The third-order valence-corrected chi connectivity index (χ3v) is 6.54. The van der Waals surface area contributed by atoms with Gasteiger partial charge >= 0.3 is 0 Å². The van der Waals surface area contributed by atoms with Gasteiger partial charge in [-0.2, -0.15) is 9.61 Å². The molecule has 1 saturated carbocycles. The largest absolute Gasteiger partial charge is 0.497 e. The standard InChI is InChI=1S/C15H17N5O3S2/c1-9-7-11(23-2)5-6-12(9)25(21,22)16-8-13-19-20-14(10-3-4-10)17-18-15(20)24-13/h5-7,10,16H,3-4,8H2,1-2H3. The van der Waals surface area contributed by atoms with E-state index in [1.54, 1.807) is 36.7 Å². The summed E-state index contributed by atoms with van der Waals surface area (Å²) in [4.78, 5) is 0.923. The quantitative estimate of drug-likeness (QED) is 0.702. The summed E-state index contributed by atoms with van der Waals surface area (Å²) in [6.45, 7) is 1.86. The number of hydrogen-bond donors (Lipinski definition) is 1. The van der Waals surface area contributed by atoms with Crippen molar-refractivity contribution < 1.29 is 13.2 Å². The van der Waals surface area contributed by atoms with Crippen molar-refractivity contribution in [1.82, 2.24) is 24.5 Å². The number of hydrogen-bond acceptors (Lipinski definition) is 7. The fourth-order valence-corrected chi connectivity index (χ4v) is 4.71. The molecule has 4 rings (SSSR count). The van der Waals surface area contributed by atoms with Crippen LogP contribution in [-0.4, -0.2) is 35.3 Å². The van der Waals surface area contributed by atoms with Gasteiger partial charge in [-0.25, -0.2) is 13.1 Å². The number of aromatic nitrogens is 4. The van der Waals surface area contributed by atoms with Gasteiger partial charge in [-0.1, -0.05) is 11.3 Å². The molecule has 8 nitrogen and oxygen atoms in total. The molecule has 1 aliphatic rings. The minimum absolute atomic E-state index is 0.117. The van der Waals surface area contributed by atoms with Gasteiger partial charge in [0.1, 0.15) is 10.8 Å². The molecule has 1 aliphatic carbocycles. The van der Waals surface area contributed by atoms with Crippen molar-refractivity contribution in [2.45, 2.75) is 37.1 Å². The average Bonchev–Trinajstić information content (AvgIpc) is 3.22. The molecule has 2 heterocycles. The van der Waals surface area contributed by atoms with Crippen molar-refractivity contribution in [2.24, 2.45) is 0 Å². The van der Waals surface area contributed by atoms with Crippen molar-refractivity contribution in [3.63, 3.8) is 0 Å². The molecular formula is C15H17N5O3S2. The van der Waals surface area contributed by atoms with Crippen LogP contribution in [0.2, 0.25) is 0 Å². The summed E-state index contributed by atoms with van der Waals surface area (Å²) in [5.41, 5.74) is 0.626. The summed E-state index contributed by atoms with van der Waals surface area (Å²) in [5.74, 6) is 1.92. The molecule has 0 radical (unpaired) electrons. The maximum absolute atomic E-state index is 12.6. The van der Waals surface area contributed by atoms with Crippen LogP contribution in [0.15, 0.2) is 23.1 Å². The lowest BCUT2D eigenvalue weighted by atomic mass is 10.2. The third kappa shape index (κ3) is 3.12. The summed E-state index contributed by atoms with van der Waals surface area (Å²) in [6, 6.07) is 4.87. The Labute approximate surface area is 148 Å². The number of methoxy groups -OCH3 is 1. The molecule has 0 atom stereocenters. The van der Waals surface area contributed by atoms with Crippen LogP contribution in [0.25, 0.3) is 4.96 Å². The first-order valence-corrected chi connectivity index (χ1v) is 10.1. The van der Waals surface area contributed by atoms with Crippen molar-refractivity contribution >= 4 is 26.3 Å². The van der Waals surface area contributed by atoms with E-state index in [0.29, 0.717) is 27.2 Å². The molecule has 132 valence electrons. The van der Waals surface area contributed by atoms with E-state index in [4.69, 9.17) is 4.74 Å². The molecule has 10 heteroatoms. The second-order valence-corrected chi connectivity index (χ2v) is 8.75. The predicted octanol–water partition coefficient (Wildman–Crippen LogP) is 1.86. The maximum atomic E-state index is 12.6. The molecule has 0 spiro atoms. The Kier molecular flexibility index (Phi) is 3.97. The van der Waals surface area contributed by atoms with E-state index >= 15 is 0 Å². The summed E-state index contributed by atoms with van der Waals surface area (Å²) in [7, 11) is -2.09. The Hall–Kier alpha value is -2.04. The fourth-order valence-electron chi connectivity index (χ4n) is 2.62. The van der Waals surface area contributed by atoms with Gasteiger partial charge in [0, 0.05) is 5.92 Å². The molecule has 0 aliphatic heterocycles. The number of nitrogens with one attached hydrogen (secondary N) is 1. The number of ether oxygens (including phenoxy) is 1. The lowest BCUT2D eigenvalue weighted by Crippen LogP contribution is -2.24. The topological polar surface area (TPSA) is 98.5 Å². The Morgan fingerprint density at radius 2 is 2.16 bits per heavy atom. The highest BCUT2D eigenvalue weighted by atomic mass is 32.2. The number of aryl methyl sites for hydroxylation is 1. The normalized spacial score (nSPS) is 15.0. The zero-order valence-electron chi connectivity index (χ0n) is 13.8. The fraction of sp³-hybridized carbons (Fsp3) is 0.400. The van der Waals surface area contributed by atoms with E-state index in [2.05, 4.69) is 20.0 Å². The molecule has 3 aromatic rings. The number of sulfonamides is 1.